The topological polar surface area (TPSA) is 99.8 Å². The summed E-state index contributed by atoms with van der Waals surface area (Å²) in [5.74, 6) is -0.711. The van der Waals surface area contributed by atoms with Crippen LogP contribution in [0.15, 0.2) is 60.0 Å². The van der Waals surface area contributed by atoms with E-state index in [1.807, 2.05) is 0 Å². The highest BCUT2D eigenvalue weighted by atomic mass is 32.2. The van der Waals surface area contributed by atoms with Crippen LogP contribution in [0.25, 0.3) is 0 Å². The molecule has 1 heterocycles. The number of nitrogens with one attached hydrogen (secondary N) is 3. The Labute approximate surface area is 152 Å². The number of aromatic amines is 1. The minimum atomic E-state index is -0.371. The van der Waals surface area contributed by atoms with Gasteiger partial charge in [0.1, 0.15) is 12.1 Å². The SMILES string of the molecule is O=C(CSc1ncn[nH]1)Nc1ccc(C(=O)Nc2ccc(F)cc2)cc1. The molecule has 0 aliphatic carbocycles. The lowest BCUT2D eigenvalue weighted by atomic mass is 10.2. The van der Waals surface area contributed by atoms with Gasteiger partial charge in [-0.1, -0.05) is 11.8 Å². The lowest BCUT2D eigenvalue weighted by Crippen LogP contribution is -2.15. The number of hydrogen-bond acceptors (Lipinski definition) is 5. The lowest BCUT2D eigenvalue weighted by Gasteiger charge is -2.07. The van der Waals surface area contributed by atoms with Crippen molar-refractivity contribution in [1.82, 2.24) is 15.2 Å². The normalized spacial score (nSPS) is 10.3. The zero-order valence-electron chi connectivity index (χ0n) is 13.4. The third kappa shape index (κ3) is 4.90. The Morgan fingerprint density at radius 2 is 1.65 bits per heavy atom. The summed E-state index contributed by atoms with van der Waals surface area (Å²) >= 11 is 1.23. The summed E-state index contributed by atoms with van der Waals surface area (Å²) in [6, 6.07) is 12.0. The highest BCUT2D eigenvalue weighted by Gasteiger charge is 2.08. The van der Waals surface area contributed by atoms with Crippen LogP contribution >= 0.6 is 11.8 Å². The molecular formula is C17H14FN5O2S. The summed E-state index contributed by atoms with van der Waals surface area (Å²) in [6.07, 6.45) is 1.37. The molecule has 0 bridgehead atoms. The molecular weight excluding hydrogens is 357 g/mol. The average molecular weight is 371 g/mol. The fraction of sp³-hybridized carbons (Fsp3) is 0.0588. The van der Waals surface area contributed by atoms with Crippen LogP contribution in [0.3, 0.4) is 0 Å². The minimum absolute atomic E-state index is 0.183. The molecule has 0 unspecified atom stereocenters. The Bertz CT molecular complexity index is 883. The molecule has 3 N–H and O–H groups in total. The van der Waals surface area contributed by atoms with Gasteiger partial charge in [-0.05, 0) is 48.5 Å². The van der Waals surface area contributed by atoms with E-state index in [0.717, 1.165) is 0 Å². The van der Waals surface area contributed by atoms with E-state index in [9.17, 15) is 14.0 Å². The molecule has 1 aromatic heterocycles. The summed E-state index contributed by atoms with van der Waals surface area (Å²) < 4.78 is 12.9. The number of aromatic nitrogens is 3. The first kappa shape index (κ1) is 17.6. The number of halogens is 1. The van der Waals surface area contributed by atoms with Gasteiger partial charge in [0.25, 0.3) is 5.91 Å². The van der Waals surface area contributed by atoms with Crippen molar-refractivity contribution in [2.24, 2.45) is 0 Å². The van der Waals surface area contributed by atoms with Gasteiger partial charge in [-0.3, -0.25) is 14.7 Å². The highest BCUT2D eigenvalue weighted by Crippen LogP contribution is 2.15. The molecule has 0 aliphatic rings. The Morgan fingerprint density at radius 1 is 1.00 bits per heavy atom. The molecule has 7 nitrogen and oxygen atoms in total. The van der Waals surface area contributed by atoms with Crippen LogP contribution in [0, 0.1) is 5.82 Å². The molecule has 132 valence electrons. The maximum absolute atomic E-state index is 12.9. The van der Waals surface area contributed by atoms with Crippen molar-refractivity contribution in [3.05, 3.63) is 66.2 Å². The molecule has 0 radical (unpaired) electrons. The van der Waals surface area contributed by atoms with Crippen LogP contribution in [0.2, 0.25) is 0 Å². The van der Waals surface area contributed by atoms with Gasteiger partial charge in [-0.2, -0.15) is 5.10 Å². The quantitative estimate of drug-likeness (QED) is 0.579. The van der Waals surface area contributed by atoms with Crippen molar-refractivity contribution in [3.63, 3.8) is 0 Å². The van der Waals surface area contributed by atoms with E-state index in [-0.39, 0.29) is 23.4 Å². The molecule has 0 aliphatic heterocycles. The van der Waals surface area contributed by atoms with Crippen LogP contribution < -0.4 is 10.6 Å². The van der Waals surface area contributed by atoms with E-state index in [1.165, 1.54) is 42.4 Å². The highest BCUT2D eigenvalue weighted by molar-refractivity contribution is 7.99. The molecule has 9 heteroatoms. The predicted molar refractivity (Wildman–Crippen MR) is 96.5 cm³/mol. The molecule has 0 atom stereocenters. The van der Waals surface area contributed by atoms with Crippen molar-refractivity contribution in [2.75, 3.05) is 16.4 Å². The van der Waals surface area contributed by atoms with Crippen molar-refractivity contribution < 1.29 is 14.0 Å². The van der Waals surface area contributed by atoms with E-state index in [1.54, 1.807) is 24.3 Å². The van der Waals surface area contributed by atoms with Gasteiger partial charge in [0, 0.05) is 16.9 Å². The number of anilines is 2. The Kier molecular flexibility index (Phi) is 5.59. The minimum Gasteiger partial charge on any atom is -0.325 e. The Hall–Kier alpha value is -3.20. The molecule has 0 fully saturated rings. The van der Waals surface area contributed by atoms with Gasteiger partial charge in [-0.15, -0.1) is 0 Å². The van der Waals surface area contributed by atoms with Crippen molar-refractivity contribution in [3.8, 4) is 0 Å². The number of benzene rings is 2. The van der Waals surface area contributed by atoms with Gasteiger partial charge in [0.2, 0.25) is 5.91 Å². The maximum atomic E-state index is 12.9. The number of amides is 2. The van der Waals surface area contributed by atoms with Crippen molar-refractivity contribution in [1.29, 1.82) is 0 Å². The number of carbonyl (C=O) groups excluding carboxylic acids is 2. The van der Waals surface area contributed by atoms with E-state index in [0.29, 0.717) is 22.1 Å². The molecule has 0 saturated heterocycles. The number of nitrogens with zero attached hydrogens (tertiary/aromatic N) is 2. The number of H-pyrrole nitrogens is 1. The first-order valence-corrected chi connectivity index (χ1v) is 8.54. The van der Waals surface area contributed by atoms with E-state index >= 15 is 0 Å². The fourth-order valence-electron chi connectivity index (χ4n) is 2.04. The van der Waals surface area contributed by atoms with Crippen LogP contribution in [-0.2, 0) is 4.79 Å². The van der Waals surface area contributed by atoms with Crippen LogP contribution in [0.5, 0.6) is 0 Å². The average Bonchev–Trinajstić information content (AvgIpc) is 3.16. The largest absolute Gasteiger partial charge is 0.325 e. The summed E-state index contributed by atoms with van der Waals surface area (Å²) in [5.41, 5.74) is 1.49. The third-order valence-corrected chi connectivity index (χ3v) is 4.14. The first-order chi connectivity index (χ1) is 12.6. The summed E-state index contributed by atoms with van der Waals surface area (Å²) in [6.45, 7) is 0. The number of hydrogen-bond donors (Lipinski definition) is 3. The monoisotopic (exact) mass is 371 g/mol. The van der Waals surface area contributed by atoms with Gasteiger partial charge >= 0.3 is 0 Å². The maximum Gasteiger partial charge on any atom is 0.255 e. The van der Waals surface area contributed by atoms with Gasteiger partial charge < -0.3 is 10.6 Å². The van der Waals surface area contributed by atoms with Crippen molar-refractivity contribution >= 4 is 35.0 Å². The lowest BCUT2D eigenvalue weighted by molar-refractivity contribution is -0.113. The zero-order chi connectivity index (χ0) is 18.4. The molecule has 3 aromatic rings. The van der Waals surface area contributed by atoms with Crippen LogP contribution in [-0.4, -0.2) is 32.7 Å². The molecule has 3 rings (SSSR count). The Balaban J connectivity index is 1.53. The smallest absolute Gasteiger partial charge is 0.255 e. The summed E-state index contributed by atoms with van der Waals surface area (Å²) in [5, 5.41) is 12.3. The van der Waals surface area contributed by atoms with E-state index in [2.05, 4.69) is 25.8 Å². The molecule has 2 aromatic carbocycles. The van der Waals surface area contributed by atoms with Gasteiger partial charge in [0.05, 0.1) is 5.75 Å². The fourth-order valence-corrected chi connectivity index (χ4v) is 2.62. The predicted octanol–water partition coefficient (Wildman–Crippen LogP) is 2.93. The van der Waals surface area contributed by atoms with E-state index < -0.39 is 0 Å². The molecule has 26 heavy (non-hydrogen) atoms. The molecule has 0 saturated carbocycles. The van der Waals surface area contributed by atoms with Crippen molar-refractivity contribution in [2.45, 2.75) is 5.16 Å². The third-order valence-electron chi connectivity index (χ3n) is 3.27. The second-order valence-electron chi connectivity index (χ2n) is 5.17. The molecule has 2 amide bonds. The van der Waals surface area contributed by atoms with Gasteiger partial charge in [0.15, 0.2) is 5.16 Å². The second kappa shape index (κ2) is 8.26. The summed E-state index contributed by atoms with van der Waals surface area (Å²) in [4.78, 5) is 28.0. The van der Waals surface area contributed by atoms with E-state index in [4.69, 9.17) is 0 Å². The standard InChI is InChI=1S/C17H14FN5O2S/c18-12-3-7-14(8-4-12)22-16(25)11-1-5-13(6-2-11)21-15(24)9-26-17-19-10-20-23-17/h1-8,10H,9H2,(H,21,24)(H,22,25)(H,19,20,23). The number of rotatable bonds is 6. The van der Waals surface area contributed by atoms with Gasteiger partial charge in [-0.25, -0.2) is 9.37 Å². The molecule has 0 spiro atoms. The first-order valence-electron chi connectivity index (χ1n) is 7.55. The number of carbonyl (C=O) groups is 2. The summed E-state index contributed by atoms with van der Waals surface area (Å²) in [7, 11) is 0. The Morgan fingerprint density at radius 3 is 2.31 bits per heavy atom. The number of thioether (sulfide) groups is 1. The zero-order valence-corrected chi connectivity index (χ0v) is 14.2. The van der Waals surface area contributed by atoms with Crippen LogP contribution in [0.1, 0.15) is 10.4 Å². The van der Waals surface area contributed by atoms with Crippen LogP contribution in [0.4, 0.5) is 15.8 Å². The second-order valence-corrected chi connectivity index (χ2v) is 6.13.